The highest BCUT2D eigenvalue weighted by Gasteiger charge is 2.33. The third kappa shape index (κ3) is 19.8. The maximum Gasteiger partial charge on any atom is 0.105 e. The van der Waals surface area contributed by atoms with E-state index in [1.165, 1.54) is 5.56 Å². The first-order valence-corrected chi connectivity index (χ1v) is 16.9. The maximum atomic E-state index is 9.31. The molecule has 1 aliphatic heterocycles. The van der Waals surface area contributed by atoms with Gasteiger partial charge in [0.1, 0.15) is 32.3 Å². The minimum atomic E-state index is -0.479. The first-order valence-electron chi connectivity index (χ1n) is 16.9. The molecule has 8 atom stereocenters. The molecule has 2 rings (SSSR count). The minimum absolute atomic E-state index is 0. The van der Waals surface area contributed by atoms with Gasteiger partial charge in [0.25, 0.3) is 0 Å². The van der Waals surface area contributed by atoms with Gasteiger partial charge >= 0.3 is 0 Å². The smallest absolute Gasteiger partial charge is 0.105 e. The summed E-state index contributed by atoms with van der Waals surface area (Å²) in [6.07, 6.45) is -0.709. The lowest BCUT2D eigenvalue weighted by molar-refractivity contribution is -0.950. The van der Waals surface area contributed by atoms with E-state index in [2.05, 4.69) is 37.3 Å². The molecule has 0 saturated carbocycles. The fourth-order valence-corrected chi connectivity index (χ4v) is 5.10. The van der Waals surface area contributed by atoms with E-state index < -0.39 is 6.10 Å². The van der Waals surface area contributed by atoms with Gasteiger partial charge in [0.2, 0.25) is 0 Å². The Morgan fingerprint density at radius 2 is 0.913 bits per heavy atom. The molecule has 11 heteroatoms. The maximum absolute atomic E-state index is 9.31. The number of hydrogen-bond acceptors (Lipinski definition) is 9. The van der Waals surface area contributed by atoms with Gasteiger partial charge < -0.3 is 59.9 Å². The molecule has 0 radical (unpaired) electrons. The standard InChI is InChI=1S/C35H64NO9.ClH/c1-27(37)20-39-29(3)22-41-31(5)24-43-33(7)26-45-34(8)25-44-32(6)23-42-30(4)21-40-28(2)18-36(14-16-38-17-15-36)19-35-12-10-9-11-13-35;/h9-13,27-34,37H,14-26H2,1-8H3;1H/q+1;/p-1. The monoisotopic (exact) mass is 677 g/mol. The molecule has 8 unspecified atom stereocenters. The highest BCUT2D eigenvalue weighted by atomic mass is 35.5. The molecule has 1 N–H and O–H groups in total. The van der Waals surface area contributed by atoms with E-state index in [0.717, 1.165) is 43.9 Å². The molecular formula is C35H64ClNO9. The summed E-state index contributed by atoms with van der Waals surface area (Å²) >= 11 is 0. The van der Waals surface area contributed by atoms with Crippen LogP contribution in [0.3, 0.4) is 0 Å². The molecule has 270 valence electrons. The molecule has 10 nitrogen and oxygen atoms in total. The second kappa shape index (κ2) is 24.3. The van der Waals surface area contributed by atoms with Gasteiger partial charge in [0.15, 0.2) is 0 Å². The molecule has 0 aromatic heterocycles. The number of rotatable bonds is 25. The van der Waals surface area contributed by atoms with Crippen molar-refractivity contribution >= 4 is 0 Å². The second-order valence-corrected chi connectivity index (χ2v) is 13.1. The molecule has 46 heavy (non-hydrogen) atoms. The fourth-order valence-electron chi connectivity index (χ4n) is 5.10. The zero-order valence-corrected chi connectivity index (χ0v) is 30.5. The second-order valence-electron chi connectivity index (χ2n) is 13.1. The Labute approximate surface area is 285 Å². The normalized spacial score (nSPS) is 20.1. The average Bonchev–Trinajstić information content (AvgIpc) is 3.02. The Morgan fingerprint density at radius 1 is 0.565 bits per heavy atom. The van der Waals surface area contributed by atoms with Gasteiger partial charge in [-0.1, -0.05) is 30.3 Å². The minimum Gasteiger partial charge on any atom is -1.00 e. The number of aliphatic hydroxyl groups is 1. The van der Waals surface area contributed by atoms with Crippen LogP contribution in [0.5, 0.6) is 0 Å². The van der Waals surface area contributed by atoms with Crippen LogP contribution in [0.2, 0.25) is 0 Å². The van der Waals surface area contributed by atoms with Crippen LogP contribution in [0.25, 0.3) is 0 Å². The van der Waals surface area contributed by atoms with Gasteiger partial charge in [-0.3, -0.25) is 0 Å². The Hall–Kier alpha value is -0.890. The van der Waals surface area contributed by atoms with E-state index in [4.69, 9.17) is 37.9 Å². The van der Waals surface area contributed by atoms with Gasteiger partial charge in [-0.25, -0.2) is 0 Å². The van der Waals surface area contributed by atoms with Crippen LogP contribution in [0.15, 0.2) is 30.3 Å². The van der Waals surface area contributed by atoms with Gasteiger partial charge in [0, 0.05) is 5.56 Å². The van der Waals surface area contributed by atoms with Crippen molar-refractivity contribution in [3.05, 3.63) is 35.9 Å². The molecule has 1 heterocycles. The lowest BCUT2D eigenvalue weighted by atomic mass is 10.1. The molecular weight excluding hydrogens is 614 g/mol. The van der Waals surface area contributed by atoms with Crippen molar-refractivity contribution in [2.45, 2.75) is 111 Å². The summed E-state index contributed by atoms with van der Waals surface area (Å²) in [4.78, 5) is 0. The van der Waals surface area contributed by atoms with Crippen LogP contribution >= 0.6 is 0 Å². The summed E-state index contributed by atoms with van der Waals surface area (Å²) in [7, 11) is 0. The van der Waals surface area contributed by atoms with Gasteiger partial charge in [-0.15, -0.1) is 0 Å². The van der Waals surface area contributed by atoms with Crippen LogP contribution in [-0.4, -0.2) is 138 Å². The SMILES string of the molecule is CC(O)COC(C)COC(C)COC(C)COC(C)COC(C)COC(C)COC(C)C[N+]1(Cc2ccccc2)CCOCC1.[Cl-]. The van der Waals surface area contributed by atoms with Gasteiger partial charge in [0.05, 0.1) is 102 Å². The third-order valence-electron chi connectivity index (χ3n) is 7.74. The molecule has 0 aliphatic carbocycles. The summed E-state index contributed by atoms with van der Waals surface area (Å²) in [5.74, 6) is 0. The zero-order valence-electron chi connectivity index (χ0n) is 29.7. The first-order chi connectivity index (χ1) is 21.5. The lowest BCUT2D eigenvalue weighted by Crippen LogP contribution is -3.00. The van der Waals surface area contributed by atoms with Gasteiger partial charge in [-0.2, -0.15) is 0 Å². The quantitative estimate of drug-likeness (QED) is 0.154. The topological polar surface area (TPSA) is 94.1 Å². The summed E-state index contributed by atoms with van der Waals surface area (Å²) in [5, 5.41) is 9.31. The molecule has 0 bridgehead atoms. The summed E-state index contributed by atoms with van der Waals surface area (Å²) in [5.41, 5.74) is 1.36. The van der Waals surface area contributed by atoms with Crippen molar-refractivity contribution in [3.8, 4) is 0 Å². The van der Waals surface area contributed by atoms with E-state index in [1.807, 2.05) is 41.5 Å². The Bertz CT molecular complexity index is 862. The third-order valence-corrected chi connectivity index (χ3v) is 7.74. The first kappa shape index (κ1) is 43.1. The fraction of sp³-hybridized carbons (Fsp3) is 0.829. The largest absolute Gasteiger partial charge is 1.00 e. The molecule has 1 aromatic carbocycles. The van der Waals surface area contributed by atoms with Crippen LogP contribution in [0.1, 0.15) is 61.0 Å². The number of aliphatic hydroxyl groups excluding tert-OH is 1. The van der Waals surface area contributed by atoms with Crippen molar-refractivity contribution in [2.75, 3.05) is 79.1 Å². The van der Waals surface area contributed by atoms with Crippen molar-refractivity contribution in [3.63, 3.8) is 0 Å². The molecule has 0 spiro atoms. The number of hydrogen-bond donors (Lipinski definition) is 1. The van der Waals surface area contributed by atoms with E-state index in [1.54, 1.807) is 6.92 Å². The van der Waals surface area contributed by atoms with Crippen molar-refractivity contribution in [1.82, 2.24) is 0 Å². The number of quaternary nitrogens is 1. The Kier molecular flexibility index (Phi) is 22.8. The number of ether oxygens (including phenoxy) is 8. The van der Waals surface area contributed by atoms with Crippen LogP contribution in [0.4, 0.5) is 0 Å². The number of morpholine rings is 1. The van der Waals surface area contributed by atoms with Crippen LogP contribution < -0.4 is 12.4 Å². The van der Waals surface area contributed by atoms with E-state index in [0.29, 0.717) is 46.2 Å². The average molecular weight is 678 g/mol. The molecule has 1 aliphatic rings. The molecule has 0 amide bonds. The predicted octanol–water partition coefficient (Wildman–Crippen LogP) is 1.25. The van der Waals surface area contributed by atoms with Crippen LogP contribution in [-0.2, 0) is 44.4 Å². The highest BCUT2D eigenvalue weighted by Crippen LogP contribution is 2.19. The summed E-state index contributed by atoms with van der Waals surface area (Å²) in [6.45, 7) is 24.6. The van der Waals surface area contributed by atoms with Crippen LogP contribution in [0, 0.1) is 0 Å². The van der Waals surface area contributed by atoms with E-state index in [9.17, 15) is 5.11 Å². The predicted molar refractivity (Wildman–Crippen MR) is 175 cm³/mol. The lowest BCUT2D eigenvalue weighted by Gasteiger charge is -2.43. The number of halogens is 1. The molecule has 1 aromatic rings. The highest BCUT2D eigenvalue weighted by molar-refractivity contribution is 5.13. The Balaban J connectivity index is 0.0000106. The number of nitrogens with zero attached hydrogens (tertiary/aromatic N) is 1. The van der Waals surface area contributed by atoms with E-state index >= 15 is 0 Å². The Morgan fingerprint density at radius 3 is 1.28 bits per heavy atom. The van der Waals surface area contributed by atoms with Crippen molar-refractivity contribution in [1.29, 1.82) is 0 Å². The van der Waals surface area contributed by atoms with Crippen molar-refractivity contribution in [2.24, 2.45) is 0 Å². The molecule has 1 fully saturated rings. The summed E-state index contributed by atoms with van der Waals surface area (Å²) in [6, 6.07) is 10.7. The number of benzene rings is 1. The summed E-state index contributed by atoms with van der Waals surface area (Å²) < 4.78 is 48.0. The molecule has 1 saturated heterocycles. The zero-order chi connectivity index (χ0) is 33.1. The van der Waals surface area contributed by atoms with E-state index in [-0.39, 0.29) is 55.1 Å². The van der Waals surface area contributed by atoms with Gasteiger partial charge in [-0.05, 0) is 55.4 Å². The van der Waals surface area contributed by atoms with Crippen molar-refractivity contribution < 1.29 is 59.9 Å².